The molecule has 0 aromatic carbocycles. The van der Waals surface area contributed by atoms with Gasteiger partial charge in [0.05, 0.1) is 5.60 Å². The van der Waals surface area contributed by atoms with E-state index in [9.17, 15) is 4.79 Å². The summed E-state index contributed by atoms with van der Waals surface area (Å²) in [4.78, 5) is 11.8. The summed E-state index contributed by atoms with van der Waals surface area (Å²) in [5, 5.41) is 2.89. The van der Waals surface area contributed by atoms with Crippen LogP contribution >= 0.6 is 0 Å². The predicted octanol–water partition coefficient (Wildman–Crippen LogP) is 4.65. The molecule has 0 fully saturated rings. The van der Waals surface area contributed by atoms with E-state index in [1.165, 1.54) is 0 Å². The van der Waals surface area contributed by atoms with Crippen LogP contribution in [-0.2, 0) is 9.53 Å². The summed E-state index contributed by atoms with van der Waals surface area (Å²) >= 11 is 0. The molecule has 0 aromatic rings. The van der Waals surface area contributed by atoms with E-state index in [0.29, 0.717) is 19.1 Å². The van der Waals surface area contributed by atoms with Crippen LogP contribution in [-0.4, -0.2) is 24.7 Å². The lowest BCUT2D eigenvalue weighted by Crippen LogP contribution is -2.50. The van der Waals surface area contributed by atoms with E-state index in [1.54, 1.807) is 0 Å². The Morgan fingerprint density at radius 2 is 1.55 bits per heavy atom. The second-order valence-corrected chi connectivity index (χ2v) is 8.83. The molecule has 22 heavy (non-hydrogen) atoms. The third-order valence-electron chi connectivity index (χ3n) is 5.66. The fraction of sp³-hybridized carbons (Fsp3) is 0.947. The van der Waals surface area contributed by atoms with Crippen molar-refractivity contribution in [3.8, 4) is 0 Å². The molecule has 0 spiro atoms. The summed E-state index contributed by atoms with van der Waals surface area (Å²) in [6, 6.07) is 0. The van der Waals surface area contributed by atoms with Crippen molar-refractivity contribution in [3.63, 3.8) is 0 Å². The number of carbonyl (C=O) groups excluding carboxylic acids is 1. The molecule has 0 radical (unpaired) electrons. The van der Waals surface area contributed by atoms with Crippen LogP contribution in [0.5, 0.6) is 0 Å². The number of ether oxygens (including phenoxy) is 1. The molecular formula is C19H39NO2. The topological polar surface area (TPSA) is 38.3 Å². The molecule has 3 heteroatoms. The monoisotopic (exact) mass is 313 g/mol. The number of nitrogens with one attached hydrogen (secondary N) is 1. The van der Waals surface area contributed by atoms with Crippen molar-refractivity contribution in [3.05, 3.63) is 0 Å². The Morgan fingerprint density at radius 1 is 1.05 bits per heavy atom. The highest BCUT2D eigenvalue weighted by Crippen LogP contribution is 2.48. The summed E-state index contributed by atoms with van der Waals surface area (Å²) in [7, 11) is 0. The van der Waals surface area contributed by atoms with Gasteiger partial charge in [0.25, 0.3) is 0 Å². The largest absolute Gasteiger partial charge is 0.375 e. The lowest BCUT2D eigenvalue weighted by Gasteiger charge is -2.50. The van der Waals surface area contributed by atoms with Crippen molar-refractivity contribution in [2.24, 2.45) is 22.7 Å². The van der Waals surface area contributed by atoms with Gasteiger partial charge in [-0.1, -0.05) is 48.5 Å². The van der Waals surface area contributed by atoms with Crippen molar-refractivity contribution < 1.29 is 9.53 Å². The van der Waals surface area contributed by atoms with Gasteiger partial charge in [0.1, 0.15) is 0 Å². The molecule has 0 heterocycles. The maximum Gasteiger partial charge on any atom is 0.222 e. The summed E-state index contributed by atoms with van der Waals surface area (Å²) < 4.78 is 6.29. The molecule has 3 nitrogen and oxygen atoms in total. The molecule has 0 saturated carbocycles. The summed E-state index contributed by atoms with van der Waals surface area (Å²) in [5.74, 6) is 0.550. The van der Waals surface area contributed by atoms with E-state index in [1.807, 2.05) is 13.8 Å². The first kappa shape index (κ1) is 21.4. The Labute approximate surface area is 138 Å². The van der Waals surface area contributed by atoms with E-state index in [2.05, 4.69) is 60.7 Å². The highest BCUT2D eigenvalue weighted by molar-refractivity contribution is 5.78. The van der Waals surface area contributed by atoms with Crippen LogP contribution in [0.15, 0.2) is 0 Å². The summed E-state index contributed by atoms with van der Waals surface area (Å²) in [6.45, 7) is 23.2. The maximum absolute atomic E-state index is 11.8. The molecule has 0 aliphatic heterocycles. The molecule has 1 amide bonds. The molecule has 132 valence electrons. The number of hydrogen-bond acceptors (Lipinski definition) is 2. The van der Waals surface area contributed by atoms with E-state index >= 15 is 0 Å². The Kier molecular flexibility index (Phi) is 7.61. The second kappa shape index (κ2) is 7.81. The normalized spacial score (nSPS) is 16.3. The minimum Gasteiger partial charge on any atom is -0.375 e. The Hall–Kier alpha value is -0.570. The Morgan fingerprint density at radius 3 is 1.95 bits per heavy atom. The minimum atomic E-state index is -0.214. The van der Waals surface area contributed by atoms with Gasteiger partial charge in [0, 0.05) is 19.1 Å². The van der Waals surface area contributed by atoms with Crippen molar-refractivity contribution in [2.75, 3.05) is 13.2 Å². The van der Waals surface area contributed by atoms with Gasteiger partial charge >= 0.3 is 0 Å². The van der Waals surface area contributed by atoms with Crippen molar-refractivity contribution in [1.29, 1.82) is 0 Å². The van der Waals surface area contributed by atoms with Crippen molar-refractivity contribution in [1.82, 2.24) is 5.32 Å². The molecule has 0 bridgehead atoms. The molecular weight excluding hydrogens is 274 g/mol. The van der Waals surface area contributed by atoms with Crippen molar-refractivity contribution in [2.45, 2.75) is 81.3 Å². The van der Waals surface area contributed by atoms with Crippen LogP contribution in [0.3, 0.4) is 0 Å². The fourth-order valence-corrected chi connectivity index (χ4v) is 2.56. The van der Waals surface area contributed by atoms with Gasteiger partial charge in [-0.15, -0.1) is 0 Å². The fourth-order valence-electron chi connectivity index (χ4n) is 2.56. The SMILES string of the molecule is CCNC(=O)C(C)CC(C)COC(C)(C)C(C)(C)C(C)(C)C. The minimum absolute atomic E-state index is 0.0392. The summed E-state index contributed by atoms with van der Waals surface area (Å²) in [5.41, 5.74) is -0.00656. The zero-order valence-electron chi connectivity index (χ0n) is 16.6. The first-order valence-electron chi connectivity index (χ1n) is 8.68. The zero-order valence-corrected chi connectivity index (χ0v) is 16.6. The van der Waals surface area contributed by atoms with E-state index in [0.717, 1.165) is 6.42 Å². The number of carbonyl (C=O) groups is 1. The van der Waals surface area contributed by atoms with Crippen LogP contribution in [0.25, 0.3) is 0 Å². The van der Waals surface area contributed by atoms with Gasteiger partial charge in [-0.25, -0.2) is 0 Å². The lowest BCUT2D eigenvalue weighted by atomic mass is 9.61. The smallest absolute Gasteiger partial charge is 0.222 e. The highest BCUT2D eigenvalue weighted by Gasteiger charge is 2.46. The van der Waals surface area contributed by atoms with Crippen LogP contribution in [0.2, 0.25) is 0 Å². The van der Waals surface area contributed by atoms with E-state index in [-0.39, 0.29) is 28.3 Å². The average Bonchev–Trinajstić information content (AvgIpc) is 2.35. The van der Waals surface area contributed by atoms with Crippen LogP contribution in [0, 0.1) is 22.7 Å². The highest BCUT2D eigenvalue weighted by atomic mass is 16.5. The van der Waals surface area contributed by atoms with Crippen molar-refractivity contribution >= 4 is 5.91 Å². The molecule has 0 aliphatic carbocycles. The van der Waals surface area contributed by atoms with E-state index in [4.69, 9.17) is 4.74 Å². The standard InChI is InChI=1S/C19H39NO2/c1-11-20-16(21)15(3)12-14(2)13-22-19(9,10)18(7,8)17(4,5)6/h14-15H,11-13H2,1-10H3,(H,20,21). The lowest BCUT2D eigenvalue weighted by molar-refractivity contribution is -0.148. The van der Waals surface area contributed by atoms with E-state index < -0.39 is 0 Å². The molecule has 1 N–H and O–H groups in total. The molecule has 0 aliphatic rings. The van der Waals surface area contributed by atoms with Crippen LogP contribution < -0.4 is 5.32 Å². The third kappa shape index (κ3) is 5.57. The first-order valence-corrected chi connectivity index (χ1v) is 8.68. The summed E-state index contributed by atoms with van der Waals surface area (Å²) in [6.07, 6.45) is 0.859. The van der Waals surface area contributed by atoms with Gasteiger partial charge in [-0.3, -0.25) is 4.79 Å². The Balaban J connectivity index is 4.57. The predicted molar refractivity (Wildman–Crippen MR) is 94.9 cm³/mol. The molecule has 0 rings (SSSR count). The average molecular weight is 314 g/mol. The van der Waals surface area contributed by atoms with Gasteiger partial charge < -0.3 is 10.1 Å². The first-order chi connectivity index (χ1) is 9.76. The molecule has 2 unspecified atom stereocenters. The van der Waals surface area contributed by atoms with Gasteiger partial charge in [-0.2, -0.15) is 0 Å². The second-order valence-electron chi connectivity index (χ2n) is 8.83. The van der Waals surface area contributed by atoms with Gasteiger partial charge in [0.2, 0.25) is 5.91 Å². The molecule has 0 aromatic heterocycles. The number of rotatable bonds is 8. The third-order valence-corrected chi connectivity index (χ3v) is 5.66. The molecule has 2 atom stereocenters. The van der Waals surface area contributed by atoms with Gasteiger partial charge in [-0.05, 0) is 43.9 Å². The molecule has 0 saturated heterocycles. The quantitative estimate of drug-likeness (QED) is 0.708. The maximum atomic E-state index is 11.8. The van der Waals surface area contributed by atoms with Gasteiger partial charge in [0.15, 0.2) is 0 Å². The number of hydrogen-bond donors (Lipinski definition) is 1. The Bertz CT molecular complexity index is 353. The van der Waals surface area contributed by atoms with Crippen LogP contribution in [0.4, 0.5) is 0 Å². The zero-order chi connectivity index (χ0) is 17.8. The van der Waals surface area contributed by atoms with Crippen LogP contribution in [0.1, 0.15) is 75.7 Å². The number of amides is 1.